The summed E-state index contributed by atoms with van der Waals surface area (Å²) in [6.45, 7) is 0.464. The molecule has 1 aromatic rings. The average Bonchev–Trinajstić information content (AvgIpc) is 2.85. The van der Waals surface area contributed by atoms with Gasteiger partial charge in [-0.15, -0.1) is 0 Å². The van der Waals surface area contributed by atoms with Crippen molar-refractivity contribution in [3.63, 3.8) is 0 Å². The van der Waals surface area contributed by atoms with Gasteiger partial charge in [-0.3, -0.25) is 4.79 Å². The Morgan fingerprint density at radius 3 is 3.06 bits per heavy atom. The quantitative estimate of drug-likeness (QED) is 0.909. The van der Waals surface area contributed by atoms with Crippen molar-refractivity contribution in [2.45, 2.75) is 12.0 Å². The summed E-state index contributed by atoms with van der Waals surface area (Å²) in [4.78, 5) is 11.9. The van der Waals surface area contributed by atoms with Crippen molar-refractivity contribution >= 4 is 17.7 Å². The fraction of sp³-hybridized carbons (Fsp3) is 0.462. The number of nitrogens with one attached hydrogen (secondary N) is 1. The highest BCUT2D eigenvalue weighted by Crippen LogP contribution is 2.30. The SMILES string of the molecule is COC1(CNC(=O)c2cccc(F)c2)CCSC1. The number of halogens is 1. The standard InChI is InChI=1S/C13H16FNO2S/c1-17-13(5-6-18-9-13)8-15-12(16)10-3-2-4-11(14)7-10/h2-4,7H,5-6,8-9H2,1H3,(H,15,16). The lowest BCUT2D eigenvalue weighted by molar-refractivity contribution is 0.0137. The summed E-state index contributed by atoms with van der Waals surface area (Å²) in [6, 6.07) is 5.68. The van der Waals surface area contributed by atoms with Crippen LogP contribution in [0.3, 0.4) is 0 Å². The molecule has 1 N–H and O–H groups in total. The lowest BCUT2D eigenvalue weighted by atomic mass is 10.0. The van der Waals surface area contributed by atoms with Gasteiger partial charge in [-0.2, -0.15) is 11.8 Å². The van der Waals surface area contributed by atoms with Crippen molar-refractivity contribution in [2.24, 2.45) is 0 Å². The zero-order valence-corrected chi connectivity index (χ0v) is 11.1. The summed E-state index contributed by atoms with van der Waals surface area (Å²) in [5.41, 5.74) is 0.0695. The molecule has 0 aromatic heterocycles. The molecule has 1 fully saturated rings. The molecular formula is C13H16FNO2S. The third-order valence-corrected chi connectivity index (χ3v) is 4.38. The van der Waals surface area contributed by atoms with E-state index >= 15 is 0 Å². The summed E-state index contributed by atoms with van der Waals surface area (Å²) >= 11 is 1.82. The van der Waals surface area contributed by atoms with E-state index < -0.39 is 5.82 Å². The van der Waals surface area contributed by atoms with Gasteiger partial charge < -0.3 is 10.1 Å². The van der Waals surface area contributed by atoms with E-state index in [4.69, 9.17) is 4.74 Å². The zero-order valence-electron chi connectivity index (χ0n) is 10.2. The highest BCUT2D eigenvalue weighted by Gasteiger charge is 2.34. The Labute approximate surface area is 110 Å². The molecule has 0 spiro atoms. The van der Waals surface area contributed by atoms with Crippen molar-refractivity contribution in [3.8, 4) is 0 Å². The monoisotopic (exact) mass is 269 g/mol. The van der Waals surface area contributed by atoms with Gasteiger partial charge in [-0.05, 0) is 30.4 Å². The number of rotatable bonds is 4. The minimum Gasteiger partial charge on any atom is -0.376 e. The van der Waals surface area contributed by atoms with Crippen molar-refractivity contribution in [2.75, 3.05) is 25.2 Å². The molecule has 1 aromatic carbocycles. The van der Waals surface area contributed by atoms with Crippen LogP contribution in [0.2, 0.25) is 0 Å². The van der Waals surface area contributed by atoms with Crippen LogP contribution in [0, 0.1) is 5.82 Å². The molecule has 3 nitrogen and oxygen atoms in total. The Morgan fingerprint density at radius 2 is 2.44 bits per heavy atom. The fourth-order valence-corrected chi connectivity index (χ4v) is 3.33. The van der Waals surface area contributed by atoms with Crippen LogP contribution < -0.4 is 5.32 Å². The van der Waals surface area contributed by atoms with E-state index in [1.54, 1.807) is 13.2 Å². The fourth-order valence-electron chi connectivity index (χ4n) is 1.93. The van der Waals surface area contributed by atoms with Gasteiger partial charge in [0.25, 0.3) is 5.91 Å². The second-order valence-corrected chi connectivity index (χ2v) is 5.49. The topological polar surface area (TPSA) is 38.3 Å². The lowest BCUT2D eigenvalue weighted by Crippen LogP contribution is -2.44. The van der Waals surface area contributed by atoms with Crippen LogP contribution in [0.4, 0.5) is 4.39 Å². The van der Waals surface area contributed by atoms with Crippen molar-refractivity contribution < 1.29 is 13.9 Å². The third-order valence-electron chi connectivity index (χ3n) is 3.16. The normalized spacial score (nSPS) is 23.0. The maximum Gasteiger partial charge on any atom is 0.251 e. The predicted molar refractivity (Wildman–Crippen MR) is 70.4 cm³/mol. The van der Waals surface area contributed by atoms with Gasteiger partial charge in [-0.25, -0.2) is 4.39 Å². The third kappa shape index (κ3) is 3.03. The first kappa shape index (κ1) is 13.4. The summed E-state index contributed by atoms with van der Waals surface area (Å²) in [6.07, 6.45) is 0.928. The molecule has 0 aliphatic carbocycles. The molecule has 2 rings (SSSR count). The van der Waals surface area contributed by atoms with E-state index in [1.165, 1.54) is 18.2 Å². The van der Waals surface area contributed by atoms with Gasteiger partial charge in [0.05, 0.1) is 5.60 Å². The first-order valence-corrected chi connectivity index (χ1v) is 6.97. The van der Waals surface area contributed by atoms with Gasteiger partial charge in [-0.1, -0.05) is 6.07 Å². The van der Waals surface area contributed by atoms with Gasteiger partial charge >= 0.3 is 0 Å². The number of hydrogen-bond donors (Lipinski definition) is 1. The van der Waals surface area contributed by atoms with Crippen LogP contribution >= 0.6 is 11.8 Å². The number of benzene rings is 1. The average molecular weight is 269 g/mol. The number of thioether (sulfide) groups is 1. The summed E-state index contributed by atoms with van der Waals surface area (Å²) in [7, 11) is 1.67. The Bertz CT molecular complexity index is 433. The largest absolute Gasteiger partial charge is 0.376 e. The molecular weight excluding hydrogens is 253 g/mol. The molecule has 1 amide bonds. The van der Waals surface area contributed by atoms with Gasteiger partial charge in [0.15, 0.2) is 0 Å². The molecule has 98 valence electrons. The van der Waals surface area contributed by atoms with Crippen LogP contribution in [-0.2, 0) is 4.74 Å². The highest BCUT2D eigenvalue weighted by molar-refractivity contribution is 7.99. The Morgan fingerprint density at radius 1 is 1.61 bits per heavy atom. The Kier molecular flexibility index (Phi) is 4.24. The van der Waals surface area contributed by atoms with Crippen LogP contribution in [0.5, 0.6) is 0 Å². The maximum atomic E-state index is 13.0. The van der Waals surface area contributed by atoms with Gasteiger partial charge in [0.1, 0.15) is 5.82 Å². The smallest absolute Gasteiger partial charge is 0.251 e. The molecule has 0 saturated carbocycles. The number of methoxy groups -OCH3 is 1. The van der Waals surface area contributed by atoms with Crippen LogP contribution in [-0.4, -0.2) is 36.7 Å². The number of ether oxygens (including phenoxy) is 1. The number of carbonyl (C=O) groups is 1. The van der Waals surface area contributed by atoms with E-state index in [9.17, 15) is 9.18 Å². The van der Waals surface area contributed by atoms with Crippen LogP contribution in [0.25, 0.3) is 0 Å². The van der Waals surface area contributed by atoms with E-state index in [-0.39, 0.29) is 11.5 Å². The van der Waals surface area contributed by atoms with E-state index in [2.05, 4.69) is 5.32 Å². The number of amides is 1. The van der Waals surface area contributed by atoms with Crippen molar-refractivity contribution in [3.05, 3.63) is 35.6 Å². The summed E-state index contributed by atoms with van der Waals surface area (Å²) in [5.74, 6) is 1.26. The van der Waals surface area contributed by atoms with Crippen LogP contribution in [0.15, 0.2) is 24.3 Å². The van der Waals surface area contributed by atoms with E-state index in [1.807, 2.05) is 11.8 Å². The molecule has 1 heterocycles. The molecule has 1 atom stereocenters. The van der Waals surface area contributed by atoms with Crippen molar-refractivity contribution in [1.29, 1.82) is 0 Å². The number of carbonyl (C=O) groups excluding carboxylic acids is 1. The predicted octanol–water partition coefficient (Wildman–Crippen LogP) is 2.08. The minimum atomic E-state index is -0.402. The molecule has 0 bridgehead atoms. The number of hydrogen-bond acceptors (Lipinski definition) is 3. The summed E-state index contributed by atoms with van der Waals surface area (Å²) < 4.78 is 18.5. The molecule has 1 aliphatic rings. The highest BCUT2D eigenvalue weighted by atomic mass is 32.2. The van der Waals surface area contributed by atoms with E-state index in [0.717, 1.165) is 17.9 Å². The second kappa shape index (κ2) is 5.71. The van der Waals surface area contributed by atoms with E-state index in [0.29, 0.717) is 12.1 Å². The molecule has 1 saturated heterocycles. The minimum absolute atomic E-state index is 0.261. The van der Waals surface area contributed by atoms with Gasteiger partial charge in [0, 0.05) is 25.0 Å². The van der Waals surface area contributed by atoms with Gasteiger partial charge in [0.2, 0.25) is 0 Å². The zero-order chi connectivity index (χ0) is 13.0. The molecule has 1 unspecified atom stereocenters. The summed E-state index contributed by atoms with van der Waals surface area (Å²) in [5, 5.41) is 2.82. The first-order valence-electron chi connectivity index (χ1n) is 5.82. The Hall–Kier alpha value is -1.07. The first-order chi connectivity index (χ1) is 8.65. The Balaban J connectivity index is 1.96. The maximum absolute atomic E-state index is 13.0. The molecule has 18 heavy (non-hydrogen) atoms. The van der Waals surface area contributed by atoms with Crippen LogP contribution in [0.1, 0.15) is 16.8 Å². The second-order valence-electron chi connectivity index (χ2n) is 4.38. The molecule has 5 heteroatoms. The lowest BCUT2D eigenvalue weighted by Gasteiger charge is -2.26. The van der Waals surface area contributed by atoms with Crippen molar-refractivity contribution in [1.82, 2.24) is 5.32 Å². The molecule has 1 aliphatic heterocycles. The molecule has 0 radical (unpaired) electrons.